The van der Waals surface area contributed by atoms with Crippen LogP contribution >= 0.6 is 0 Å². The molecule has 0 N–H and O–H groups in total. The van der Waals surface area contributed by atoms with Crippen LogP contribution in [0.2, 0.25) is 0 Å². The second-order valence-electron chi connectivity index (χ2n) is 6.22. The third-order valence-electron chi connectivity index (χ3n) is 4.66. The summed E-state index contributed by atoms with van der Waals surface area (Å²) >= 11 is 0. The Morgan fingerprint density at radius 1 is 1.12 bits per heavy atom. The van der Waals surface area contributed by atoms with Crippen molar-refractivity contribution in [2.45, 2.75) is 6.10 Å². The maximum Gasteiger partial charge on any atom is 0.254 e. The SMILES string of the molecule is Cn1ccc2ccc(C(=O)N3CCO[C@@H](c4ccccc4)C3)cc21. The lowest BCUT2D eigenvalue weighted by molar-refractivity contribution is -0.0228. The number of aryl methyl sites for hydroxylation is 1. The molecule has 0 bridgehead atoms. The van der Waals surface area contributed by atoms with Crippen molar-refractivity contribution in [2.24, 2.45) is 7.05 Å². The van der Waals surface area contributed by atoms with Crippen molar-refractivity contribution in [3.05, 3.63) is 71.9 Å². The van der Waals surface area contributed by atoms with Gasteiger partial charge in [0.2, 0.25) is 0 Å². The lowest BCUT2D eigenvalue weighted by atomic mass is 10.1. The molecule has 4 nitrogen and oxygen atoms in total. The van der Waals surface area contributed by atoms with Gasteiger partial charge in [-0.3, -0.25) is 4.79 Å². The molecule has 1 aliphatic rings. The van der Waals surface area contributed by atoms with E-state index in [1.807, 2.05) is 59.1 Å². The summed E-state index contributed by atoms with van der Waals surface area (Å²) in [6.07, 6.45) is 1.96. The Hall–Kier alpha value is -2.59. The first-order valence-electron chi connectivity index (χ1n) is 8.23. The van der Waals surface area contributed by atoms with E-state index in [0.717, 1.165) is 22.0 Å². The van der Waals surface area contributed by atoms with E-state index < -0.39 is 0 Å². The van der Waals surface area contributed by atoms with E-state index in [1.54, 1.807) is 0 Å². The fourth-order valence-electron chi connectivity index (χ4n) is 3.28. The molecule has 1 amide bonds. The number of carbonyl (C=O) groups excluding carboxylic acids is 1. The molecule has 1 saturated heterocycles. The Labute approximate surface area is 141 Å². The molecule has 2 aromatic carbocycles. The van der Waals surface area contributed by atoms with Gasteiger partial charge in [-0.15, -0.1) is 0 Å². The Kier molecular flexibility index (Phi) is 3.82. The number of rotatable bonds is 2. The van der Waals surface area contributed by atoms with Crippen LogP contribution < -0.4 is 0 Å². The summed E-state index contributed by atoms with van der Waals surface area (Å²) in [7, 11) is 2.00. The quantitative estimate of drug-likeness (QED) is 0.725. The zero-order valence-electron chi connectivity index (χ0n) is 13.7. The summed E-state index contributed by atoms with van der Waals surface area (Å²) < 4.78 is 7.90. The summed E-state index contributed by atoms with van der Waals surface area (Å²) in [5.74, 6) is 0.0716. The second kappa shape index (κ2) is 6.13. The molecular weight excluding hydrogens is 300 g/mol. The highest BCUT2D eigenvalue weighted by Crippen LogP contribution is 2.24. The topological polar surface area (TPSA) is 34.5 Å². The van der Waals surface area contributed by atoms with Crippen molar-refractivity contribution in [2.75, 3.05) is 19.7 Å². The number of amides is 1. The predicted molar refractivity (Wildman–Crippen MR) is 94.0 cm³/mol. The monoisotopic (exact) mass is 320 g/mol. The van der Waals surface area contributed by atoms with E-state index in [2.05, 4.69) is 18.2 Å². The molecule has 0 radical (unpaired) electrons. The first kappa shape index (κ1) is 15.0. The smallest absolute Gasteiger partial charge is 0.254 e. The highest BCUT2D eigenvalue weighted by molar-refractivity contribution is 5.98. The van der Waals surface area contributed by atoms with Gasteiger partial charge in [0.1, 0.15) is 6.10 Å². The van der Waals surface area contributed by atoms with Gasteiger partial charge in [0.25, 0.3) is 5.91 Å². The number of fused-ring (bicyclic) bond motifs is 1. The minimum Gasteiger partial charge on any atom is -0.370 e. The van der Waals surface area contributed by atoms with Crippen LogP contribution in [0.1, 0.15) is 22.0 Å². The molecule has 1 fully saturated rings. The molecule has 1 atom stereocenters. The minimum absolute atomic E-state index is 0.0531. The summed E-state index contributed by atoms with van der Waals surface area (Å²) in [5, 5.41) is 1.15. The number of morpholine rings is 1. The van der Waals surface area contributed by atoms with Gasteiger partial charge in [0.15, 0.2) is 0 Å². The predicted octanol–water partition coefficient (Wildman–Crippen LogP) is 3.39. The van der Waals surface area contributed by atoms with Crippen molar-refractivity contribution >= 4 is 16.8 Å². The van der Waals surface area contributed by atoms with E-state index in [1.165, 1.54) is 0 Å². The minimum atomic E-state index is -0.0531. The van der Waals surface area contributed by atoms with E-state index in [9.17, 15) is 4.79 Å². The highest BCUT2D eigenvalue weighted by atomic mass is 16.5. The maximum atomic E-state index is 12.9. The summed E-state index contributed by atoms with van der Waals surface area (Å²) in [4.78, 5) is 14.8. The van der Waals surface area contributed by atoms with E-state index in [4.69, 9.17) is 4.74 Å². The average molecular weight is 320 g/mol. The molecule has 0 unspecified atom stereocenters. The number of aromatic nitrogens is 1. The number of benzene rings is 2. The van der Waals surface area contributed by atoms with Crippen molar-refractivity contribution in [1.82, 2.24) is 9.47 Å². The zero-order valence-corrected chi connectivity index (χ0v) is 13.7. The van der Waals surface area contributed by atoms with Gasteiger partial charge in [-0.1, -0.05) is 36.4 Å². The van der Waals surface area contributed by atoms with Crippen molar-refractivity contribution < 1.29 is 9.53 Å². The van der Waals surface area contributed by atoms with Crippen LogP contribution in [-0.2, 0) is 11.8 Å². The lowest BCUT2D eigenvalue weighted by Gasteiger charge is -2.33. The molecule has 24 heavy (non-hydrogen) atoms. The van der Waals surface area contributed by atoms with Crippen LogP contribution in [-0.4, -0.2) is 35.1 Å². The fourth-order valence-corrected chi connectivity index (χ4v) is 3.28. The molecule has 3 aromatic rings. The maximum absolute atomic E-state index is 12.9. The molecule has 4 heteroatoms. The summed E-state index contributed by atoms with van der Waals surface area (Å²) in [6.45, 7) is 1.79. The van der Waals surface area contributed by atoms with Crippen LogP contribution in [0.5, 0.6) is 0 Å². The van der Waals surface area contributed by atoms with Gasteiger partial charge in [-0.05, 0) is 29.1 Å². The molecule has 0 aliphatic carbocycles. The van der Waals surface area contributed by atoms with Gasteiger partial charge in [-0.2, -0.15) is 0 Å². The summed E-state index contributed by atoms with van der Waals surface area (Å²) in [5.41, 5.74) is 2.93. The Morgan fingerprint density at radius 2 is 1.96 bits per heavy atom. The third-order valence-corrected chi connectivity index (χ3v) is 4.66. The third kappa shape index (κ3) is 2.69. The van der Waals surface area contributed by atoms with Gasteiger partial charge < -0.3 is 14.2 Å². The van der Waals surface area contributed by atoms with Crippen LogP contribution in [0.15, 0.2) is 60.8 Å². The molecule has 1 aliphatic heterocycles. The molecule has 2 heterocycles. The van der Waals surface area contributed by atoms with Gasteiger partial charge in [-0.25, -0.2) is 0 Å². The standard InChI is InChI=1S/C20H20N2O2/c1-21-10-9-15-7-8-17(13-18(15)21)20(23)22-11-12-24-19(14-22)16-5-3-2-4-6-16/h2-10,13,19H,11-12,14H2,1H3/t19-/m1/s1. The van der Waals surface area contributed by atoms with Gasteiger partial charge >= 0.3 is 0 Å². The molecule has 1 aromatic heterocycles. The number of ether oxygens (including phenoxy) is 1. The first-order chi connectivity index (χ1) is 11.7. The highest BCUT2D eigenvalue weighted by Gasteiger charge is 2.26. The number of hydrogen-bond acceptors (Lipinski definition) is 2. The van der Waals surface area contributed by atoms with E-state index >= 15 is 0 Å². The normalized spacial score (nSPS) is 18.0. The number of carbonyl (C=O) groups is 1. The van der Waals surface area contributed by atoms with E-state index in [-0.39, 0.29) is 12.0 Å². The number of hydrogen-bond donors (Lipinski definition) is 0. The molecule has 0 saturated carbocycles. The Bertz CT molecular complexity index is 870. The molecule has 122 valence electrons. The van der Waals surface area contributed by atoms with Crippen LogP contribution in [0, 0.1) is 0 Å². The largest absolute Gasteiger partial charge is 0.370 e. The first-order valence-corrected chi connectivity index (χ1v) is 8.23. The van der Waals surface area contributed by atoms with Gasteiger partial charge in [0, 0.05) is 30.9 Å². The molecule has 0 spiro atoms. The Balaban J connectivity index is 1.57. The Morgan fingerprint density at radius 3 is 2.79 bits per heavy atom. The lowest BCUT2D eigenvalue weighted by Crippen LogP contribution is -2.42. The number of nitrogens with zero attached hydrogens (tertiary/aromatic N) is 2. The van der Waals surface area contributed by atoms with Crippen molar-refractivity contribution in [3.8, 4) is 0 Å². The average Bonchev–Trinajstić information content (AvgIpc) is 3.02. The second-order valence-corrected chi connectivity index (χ2v) is 6.22. The van der Waals surface area contributed by atoms with Crippen LogP contribution in [0.4, 0.5) is 0 Å². The summed E-state index contributed by atoms with van der Waals surface area (Å²) in [6, 6.07) is 18.1. The molecular formula is C20H20N2O2. The van der Waals surface area contributed by atoms with Crippen LogP contribution in [0.3, 0.4) is 0 Å². The zero-order chi connectivity index (χ0) is 16.5. The van der Waals surface area contributed by atoms with Crippen LogP contribution in [0.25, 0.3) is 10.9 Å². The fraction of sp³-hybridized carbons (Fsp3) is 0.250. The van der Waals surface area contributed by atoms with Crippen molar-refractivity contribution in [1.29, 1.82) is 0 Å². The van der Waals surface area contributed by atoms with Crippen molar-refractivity contribution in [3.63, 3.8) is 0 Å². The van der Waals surface area contributed by atoms with E-state index in [0.29, 0.717) is 19.7 Å². The molecule has 4 rings (SSSR count). The van der Waals surface area contributed by atoms with Gasteiger partial charge in [0.05, 0.1) is 13.2 Å².